The van der Waals surface area contributed by atoms with Crippen LogP contribution >= 0.6 is 23.2 Å². The number of amides is 1. The summed E-state index contributed by atoms with van der Waals surface area (Å²) in [7, 11) is 2.79. The lowest BCUT2D eigenvalue weighted by molar-refractivity contribution is -0.147. The van der Waals surface area contributed by atoms with E-state index >= 15 is 0 Å². The van der Waals surface area contributed by atoms with E-state index < -0.39 is 29.7 Å². The zero-order valence-corrected chi connectivity index (χ0v) is 16.8. The molecular formula is C17H15Cl2N5O5. The molecule has 1 N–H and O–H groups in total. The maximum absolute atomic E-state index is 12.3. The van der Waals surface area contributed by atoms with Gasteiger partial charge in [-0.05, 0) is 12.1 Å². The van der Waals surface area contributed by atoms with Gasteiger partial charge in [0.05, 0.1) is 22.1 Å². The number of imidazole rings is 1. The molecular weight excluding hydrogens is 425 g/mol. The molecule has 10 nitrogen and oxygen atoms in total. The van der Waals surface area contributed by atoms with Crippen LogP contribution in [-0.2, 0) is 35.0 Å². The number of ether oxygens (including phenoxy) is 1. The van der Waals surface area contributed by atoms with Crippen molar-refractivity contribution in [3.8, 4) is 0 Å². The number of rotatable bonds is 5. The fourth-order valence-electron chi connectivity index (χ4n) is 2.63. The maximum Gasteiger partial charge on any atom is 0.332 e. The van der Waals surface area contributed by atoms with Crippen LogP contribution in [0.3, 0.4) is 0 Å². The summed E-state index contributed by atoms with van der Waals surface area (Å²) in [6, 6.07) is 4.72. The van der Waals surface area contributed by atoms with Crippen molar-refractivity contribution in [3.63, 3.8) is 0 Å². The third kappa shape index (κ3) is 4.03. The molecule has 2 aromatic heterocycles. The SMILES string of the molecule is Cn1c(=O)c2c(ncn2CC(=O)OCC(=O)Nc2cccc(Cl)c2Cl)n(C)c1=O. The average molecular weight is 440 g/mol. The Bertz CT molecular complexity index is 1240. The molecule has 0 radical (unpaired) electrons. The molecule has 1 amide bonds. The van der Waals surface area contributed by atoms with Gasteiger partial charge in [-0.1, -0.05) is 29.3 Å². The molecule has 2 heterocycles. The Morgan fingerprint density at radius 2 is 1.90 bits per heavy atom. The van der Waals surface area contributed by atoms with Crippen LogP contribution in [0.1, 0.15) is 0 Å². The van der Waals surface area contributed by atoms with Crippen LogP contribution in [0, 0.1) is 0 Å². The van der Waals surface area contributed by atoms with E-state index in [0.717, 1.165) is 4.57 Å². The molecule has 0 bridgehead atoms. The molecule has 0 spiro atoms. The second kappa shape index (κ2) is 8.10. The fraction of sp³-hybridized carbons (Fsp3) is 0.235. The number of fused-ring (bicyclic) bond motifs is 1. The Morgan fingerprint density at radius 1 is 1.17 bits per heavy atom. The normalized spacial score (nSPS) is 10.9. The lowest BCUT2D eigenvalue weighted by atomic mass is 10.3. The Labute approximate surface area is 173 Å². The molecule has 0 atom stereocenters. The van der Waals surface area contributed by atoms with Gasteiger partial charge in [0, 0.05) is 14.1 Å². The summed E-state index contributed by atoms with van der Waals surface area (Å²) in [5, 5.41) is 2.92. The highest BCUT2D eigenvalue weighted by Gasteiger charge is 2.17. The van der Waals surface area contributed by atoms with Gasteiger partial charge in [-0.2, -0.15) is 0 Å². The zero-order valence-electron chi connectivity index (χ0n) is 15.3. The maximum atomic E-state index is 12.3. The largest absolute Gasteiger partial charge is 0.454 e. The molecule has 3 rings (SSSR count). The van der Waals surface area contributed by atoms with Gasteiger partial charge in [0.2, 0.25) is 0 Å². The number of hydrogen-bond donors (Lipinski definition) is 1. The Kier molecular flexibility index (Phi) is 5.76. The second-order valence-corrected chi connectivity index (χ2v) is 6.85. The van der Waals surface area contributed by atoms with Crippen LogP contribution < -0.4 is 16.6 Å². The summed E-state index contributed by atoms with van der Waals surface area (Å²) in [5.41, 5.74) is -0.639. The van der Waals surface area contributed by atoms with Crippen molar-refractivity contribution < 1.29 is 14.3 Å². The van der Waals surface area contributed by atoms with Gasteiger partial charge >= 0.3 is 11.7 Å². The van der Waals surface area contributed by atoms with Gasteiger partial charge in [0.25, 0.3) is 11.5 Å². The van der Waals surface area contributed by atoms with E-state index in [1.54, 1.807) is 18.2 Å². The lowest BCUT2D eigenvalue weighted by Gasteiger charge is -2.09. The van der Waals surface area contributed by atoms with Crippen molar-refractivity contribution in [1.82, 2.24) is 18.7 Å². The molecule has 0 fully saturated rings. The van der Waals surface area contributed by atoms with E-state index in [1.165, 1.54) is 29.6 Å². The van der Waals surface area contributed by atoms with E-state index in [9.17, 15) is 19.2 Å². The summed E-state index contributed by atoms with van der Waals surface area (Å²) >= 11 is 11.9. The number of nitrogens with one attached hydrogen (secondary N) is 1. The van der Waals surface area contributed by atoms with Crippen LogP contribution in [-0.4, -0.2) is 37.2 Å². The highest BCUT2D eigenvalue weighted by molar-refractivity contribution is 6.44. The molecule has 0 aliphatic heterocycles. The topological polar surface area (TPSA) is 117 Å². The number of anilines is 1. The number of nitrogens with zero attached hydrogens (tertiary/aromatic N) is 4. The number of halogens is 2. The third-order valence-electron chi connectivity index (χ3n) is 4.11. The summed E-state index contributed by atoms with van der Waals surface area (Å²) < 4.78 is 8.30. The standard InChI is InChI=1S/C17H15Cl2N5O5/c1-22-15-14(16(27)23(2)17(22)28)24(8-20-15)6-12(26)29-7-11(25)21-10-5-3-4-9(18)13(10)19/h3-5,8H,6-7H2,1-2H3,(H,21,25). The average Bonchev–Trinajstić information content (AvgIpc) is 3.10. The fourth-order valence-corrected chi connectivity index (χ4v) is 2.98. The second-order valence-electron chi connectivity index (χ2n) is 6.06. The molecule has 12 heteroatoms. The molecule has 152 valence electrons. The van der Waals surface area contributed by atoms with Gasteiger partial charge in [0.1, 0.15) is 6.54 Å². The van der Waals surface area contributed by atoms with Crippen molar-refractivity contribution in [2.45, 2.75) is 6.54 Å². The van der Waals surface area contributed by atoms with E-state index in [-0.39, 0.29) is 33.4 Å². The summed E-state index contributed by atoms with van der Waals surface area (Å²) in [6.07, 6.45) is 1.25. The molecule has 0 aliphatic carbocycles. The monoisotopic (exact) mass is 439 g/mol. The predicted octanol–water partition coefficient (Wildman–Crippen LogP) is 0.922. The van der Waals surface area contributed by atoms with Crippen LogP contribution in [0.5, 0.6) is 0 Å². The van der Waals surface area contributed by atoms with Gasteiger partial charge in [-0.15, -0.1) is 0 Å². The van der Waals surface area contributed by atoms with Crippen molar-refractivity contribution in [3.05, 3.63) is 55.4 Å². The van der Waals surface area contributed by atoms with Crippen LogP contribution in [0.25, 0.3) is 11.2 Å². The van der Waals surface area contributed by atoms with Gasteiger partial charge in [-0.25, -0.2) is 9.78 Å². The molecule has 0 saturated heterocycles. The zero-order chi connectivity index (χ0) is 21.3. The molecule has 29 heavy (non-hydrogen) atoms. The predicted molar refractivity (Wildman–Crippen MR) is 106 cm³/mol. The first-order chi connectivity index (χ1) is 13.7. The summed E-state index contributed by atoms with van der Waals surface area (Å²) in [5.74, 6) is -1.39. The first-order valence-corrected chi connectivity index (χ1v) is 8.96. The number of carbonyl (C=O) groups excluding carboxylic acids is 2. The molecule has 3 aromatic rings. The van der Waals surface area contributed by atoms with Gasteiger partial charge in [0.15, 0.2) is 17.8 Å². The van der Waals surface area contributed by atoms with Crippen molar-refractivity contribution in [2.75, 3.05) is 11.9 Å². The number of aryl methyl sites for hydroxylation is 1. The summed E-state index contributed by atoms with van der Waals surface area (Å²) in [6.45, 7) is -0.931. The van der Waals surface area contributed by atoms with E-state index in [2.05, 4.69) is 10.3 Å². The summed E-state index contributed by atoms with van der Waals surface area (Å²) in [4.78, 5) is 52.4. The van der Waals surface area contributed by atoms with E-state index in [1.807, 2.05) is 0 Å². The van der Waals surface area contributed by atoms with E-state index in [0.29, 0.717) is 0 Å². The van der Waals surface area contributed by atoms with Crippen LogP contribution in [0.2, 0.25) is 10.0 Å². The van der Waals surface area contributed by atoms with Crippen molar-refractivity contribution >= 4 is 51.9 Å². The van der Waals surface area contributed by atoms with Crippen molar-refractivity contribution in [1.29, 1.82) is 0 Å². The molecule has 1 aromatic carbocycles. The number of esters is 1. The molecule has 0 aliphatic rings. The minimum absolute atomic E-state index is 0.0710. The lowest BCUT2D eigenvalue weighted by Crippen LogP contribution is -2.37. The quantitative estimate of drug-likeness (QED) is 0.590. The third-order valence-corrected chi connectivity index (χ3v) is 4.93. The molecule has 0 saturated carbocycles. The van der Waals surface area contributed by atoms with Crippen LogP contribution in [0.4, 0.5) is 5.69 Å². The van der Waals surface area contributed by atoms with E-state index in [4.69, 9.17) is 27.9 Å². The Morgan fingerprint density at radius 3 is 2.62 bits per heavy atom. The Balaban J connectivity index is 1.69. The highest BCUT2D eigenvalue weighted by atomic mass is 35.5. The minimum Gasteiger partial charge on any atom is -0.454 e. The van der Waals surface area contributed by atoms with Crippen LogP contribution in [0.15, 0.2) is 34.1 Å². The van der Waals surface area contributed by atoms with Gasteiger partial charge < -0.3 is 14.6 Å². The first-order valence-electron chi connectivity index (χ1n) is 8.21. The van der Waals surface area contributed by atoms with Crippen molar-refractivity contribution in [2.24, 2.45) is 14.1 Å². The number of benzene rings is 1. The van der Waals surface area contributed by atoms with Gasteiger partial charge in [-0.3, -0.25) is 23.5 Å². The molecule has 0 unspecified atom stereocenters. The minimum atomic E-state index is -0.771. The smallest absolute Gasteiger partial charge is 0.332 e. The number of aromatic nitrogens is 4. The number of hydrogen-bond acceptors (Lipinski definition) is 6. The Hall–Kier alpha value is -3.11. The highest BCUT2D eigenvalue weighted by Crippen LogP contribution is 2.29. The number of carbonyl (C=O) groups is 2. The first kappa shape index (κ1) is 20.6.